The minimum absolute atomic E-state index is 0.145. The van der Waals surface area contributed by atoms with Crippen LogP contribution in [0.15, 0.2) is 48.5 Å². The number of rotatable bonds is 5. The molecule has 20 heavy (non-hydrogen) atoms. The first-order valence-electron chi connectivity index (χ1n) is 6.87. The molecule has 0 aliphatic carbocycles. The topological polar surface area (TPSA) is 12.0 Å². The summed E-state index contributed by atoms with van der Waals surface area (Å²) in [5.74, 6) is 0. The summed E-state index contributed by atoms with van der Waals surface area (Å²) in [5, 5.41) is 5.09. The normalized spacial score (nSPS) is 14.0. The molecule has 3 heteroatoms. The number of hydrogen-bond donors (Lipinski definition) is 1. The predicted molar refractivity (Wildman–Crippen MR) is 87.5 cm³/mol. The van der Waals surface area contributed by atoms with E-state index in [0.29, 0.717) is 11.1 Å². The third kappa shape index (κ3) is 3.76. The van der Waals surface area contributed by atoms with Gasteiger partial charge in [-0.05, 0) is 42.7 Å². The molecule has 0 spiro atoms. The Morgan fingerprint density at radius 1 is 1.05 bits per heavy atom. The van der Waals surface area contributed by atoms with Crippen molar-refractivity contribution in [2.45, 2.75) is 32.4 Å². The molecule has 0 aromatic heterocycles. The van der Waals surface area contributed by atoms with Gasteiger partial charge in [0.1, 0.15) is 0 Å². The first-order chi connectivity index (χ1) is 9.61. The van der Waals surface area contributed by atoms with Crippen LogP contribution in [0.1, 0.15) is 43.5 Å². The average Bonchev–Trinajstić information content (AvgIpc) is 2.48. The summed E-state index contributed by atoms with van der Waals surface area (Å²) >= 11 is 12.3. The third-order valence-electron chi connectivity index (χ3n) is 3.49. The molecular weight excluding hydrogens is 289 g/mol. The van der Waals surface area contributed by atoms with Gasteiger partial charge in [-0.1, -0.05) is 60.5 Å². The summed E-state index contributed by atoms with van der Waals surface area (Å²) in [6.45, 7) is 4.29. The zero-order valence-corrected chi connectivity index (χ0v) is 13.2. The van der Waals surface area contributed by atoms with Gasteiger partial charge in [-0.2, -0.15) is 0 Å². The van der Waals surface area contributed by atoms with E-state index in [1.165, 1.54) is 5.56 Å². The van der Waals surface area contributed by atoms with E-state index in [-0.39, 0.29) is 6.04 Å². The molecular formula is C17H19Cl2N. The van der Waals surface area contributed by atoms with Crippen LogP contribution in [0.25, 0.3) is 0 Å². The monoisotopic (exact) mass is 307 g/mol. The van der Waals surface area contributed by atoms with Gasteiger partial charge in [0.25, 0.3) is 0 Å². The highest BCUT2D eigenvalue weighted by Gasteiger charge is 2.15. The van der Waals surface area contributed by atoms with E-state index < -0.39 is 0 Å². The molecule has 0 bridgehead atoms. The molecule has 0 saturated carbocycles. The van der Waals surface area contributed by atoms with Crippen LogP contribution in [0.2, 0.25) is 10.0 Å². The molecule has 2 aromatic carbocycles. The molecule has 0 aliphatic rings. The predicted octanol–water partition coefficient (Wildman–Crippen LogP) is 5.80. The third-order valence-corrected chi connectivity index (χ3v) is 4.07. The fourth-order valence-corrected chi connectivity index (χ4v) is 2.83. The molecule has 1 N–H and O–H groups in total. The molecule has 106 valence electrons. The average molecular weight is 308 g/mol. The van der Waals surface area contributed by atoms with Crippen LogP contribution < -0.4 is 5.32 Å². The molecule has 0 saturated heterocycles. The van der Waals surface area contributed by atoms with Crippen LogP contribution >= 0.6 is 23.2 Å². The van der Waals surface area contributed by atoms with Gasteiger partial charge in [0, 0.05) is 22.1 Å². The molecule has 2 aromatic rings. The Labute approximate surface area is 130 Å². The van der Waals surface area contributed by atoms with E-state index >= 15 is 0 Å². The van der Waals surface area contributed by atoms with Crippen molar-refractivity contribution in [2.75, 3.05) is 0 Å². The lowest BCUT2D eigenvalue weighted by atomic mass is 10.0. The Morgan fingerprint density at radius 3 is 2.40 bits per heavy atom. The lowest BCUT2D eigenvalue weighted by Crippen LogP contribution is -2.24. The van der Waals surface area contributed by atoms with Gasteiger partial charge < -0.3 is 5.32 Å². The van der Waals surface area contributed by atoms with Gasteiger partial charge in [0.15, 0.2) is 0 Å². The number of nitrogens with one attached hydrogen (secondary N) is 1. The molecule has 0 radical (unpaired) electrons. The van der Waals surface area contributed by atoms with E-state index in [0.717, 1.165) is 17.0 Å². The van der Waals surface area contributed by atoms with E-state index in [1.54, 1.807) is 0 Å². The van der Waals surface area contributed by atoms with Crippen molar-refractivity contribution >= 4 is 23.2 Å². The van der Waals surface area contributed by atoms with Gasteiger partial charge >= 0.3 is 0 Å². The van der Waals surface area contributed by atoms with Gasteiger partial charge in [-0.25, -0.2) is 0 Å². The Morgan fingerprint density at radius 2 is 1.75 bits per heavy atom. The van der Waals surface area contributed by atoms with Gasteiger partial charge in [-0.15, -0.1) is 0 Å². The van der Waals surface area contributed by atoms with Crippen molar-refractivity contribution in [1.82, 2.24) is 5.32 Å². The summed E-state index contributed by atoms with van der Waals surface area (Å²) in [7, 11) is 0. The van der Waals surface area contributed by atoms with Crippen molar-refractivity contribution in [2.24, 2.45) is 0 Å². The maximum Gasteiger partial charge on any atom is 0.0454 e. The zero-order valence-electron chi connectivity index (χ0n) is 11.7. The first kappa shape index (κ1) is 15.4. The van der Waals surface area contributed by atoms with Crippen LogP contribution in [0.3, 0.4) is 0 Å². The quantitative estimate of drug-likeness (QED) is 0.736. The van der Waals surface area contributed by atoms with Crippen molar-refractivity contribution in [3.8, 4) is 0 Å². The Bertz CT molecular complexity index is 554. The minimum Gasteiger partial charge on any atom is -0.303 e. The molecule has 2 unspecified atom stereocenters. The van der Waals surface area contributed by atoms with Crippen molar-refractivity contribution in [1.29, 1.82) is 0 Å². The Kier molecular flexibility index (Phi) is 5.47. The van der Waals surface area contributed by atoms with Gasteiger partial charge in [-0.3, -0.25) is 0 Å². The number of halogens is 2. The second-order valence-corrected chi connectivity index (χ2v) is 5.77. The molecule has 0 heterocycles. The second-order valence-electron chi connectivity index (χ2n) is 4.93. The highest BCUT2D eigenvalue weighted by Crippen LogP contribution is 2.28. The van der Waals surface area contributed by atoms with E-state index in [9.17, 15) is 0 Å². The van der Waals surface area contributed by atoms with Crippen molar-refractivity contribution in [3.63, 3.8) is 0 Å². The molecule has 1 nitrogen and oxygen atoms in total. The molecule has 0 amide bonds. The maximum atomic E-state index is 6.27. The Hall–Kier alpha value is -1.02. The van der Waals surface area contributed by atoms with Crippen LogP contribution in [0.4, 0.5) is 0 Å². The lowest BCUT2D eigenvalue weighted by molar-refractivity contribution is 0.456. The summed E-state index contributed by atoms with van der Waals surface area (Å²) in [5.41, 5.74) is 2.33. The molecule has 0 aliphatic heterocycles. The van der Waals surface area contributed by atoms with Crippen LogP contribution in [0.5, 0.6) is 0 Å². The molecule has 2 rings (SSSR count). The van der Waals surface area contributed by atoms with Crippen molar-refractivity contribution in [3.05, 3.63) is 69.7 Å². The number of benzene rings is 2. The summed E-state index contributed by atoms with van der Waals surface area (Å²) in [6, 6.07) is 16.5. The van der Waals surface area contributed by atoms with Crippen LogP contribution in [-0.4, -0.2) is 0 Å². The summed E-state index contributed by atoms with van der Waals surface area (Å²) in [4.78, 5) is 0. The van der Waals surface area contributed by atoms with E-state index in [1.807, 2.05) is 24.3 Å². The largest absolute Gasteiger partial charge is 0.303 e. The molecule has 0 fully saturated rings. The summed E-state index contributed by atoms with van der Waals surface area (Å²) < 4.78 is 0. The standard InChI is InChI=1S/C17H19Cl2N/c1-3-17(13-7-5-4-6-8-13)20-12(2)15-11-14(18)9-10-16(15)19/h4-12,17,20H,3H2,1-2H3. The smallest absolute Gasteiger partial charge is 0.0454 e. The van der Waals surface area contributed by atoms with Crippen molar-refractivity contribution < 1.29 is 0 Å². The second kappa shape index (κ2) is 7.12. The summed E-state index contributed by atoms with van der Waals surface area (Å²) in [6.07, 6.45) is 1.02. The van der Waals surface area contributed by atoms with E-state index in [2.05, 4.69) is 43.4 Å². The fourth-order valence-electron chi connectivity index (χ4n) is 2.37. The maximum absolute atomic E-state index is 6.27. The lowest BCUT2D eigenvalue weighted by Gasteiger charge is -2.24. The number of hydrogen-bond acceptors (Lipinski definition) is 1. The minimum atomic E-state index is 0.145. The fraction of sp³-hybridized carbons (Fsp3) is 0.294. The SMILES string of the molecule is CCC(NC(C)c1cc(Cl)ccc1Cl)c1ccccc1. The highest BCUT2D eigenvalue weighted by molar-refractivity contribution is 6.33. The highest BCUT2D eigenvalue weighted by atomic mass is 35.5. The Balaban J connectivity index is 2.17. The van der Waals surface area contributed by atoms with Gasteiger partial charge in [0.05, 0.1) is 0 Å². The van der Waals surface area contributed by atoms with Crippen LogP contribution in [0, 0.1) is 0 Å². The molecule has 2 atom stereocenters. The first-order valence-corrected chi connectivity index (χ1v) is 7.63. The van der Waals surface area contributed by atoms with Crippen LogP contribution in [-0.2, 0) is 0 Å². The van der Waals surface area contributed by atoms with Gasteiger partial charge in [0.2, 0.25) is 0 Å². The zero-order chi connectivity index (χ0) is 14.5. The van der Waals surface area contributed by atoms with E-state index in [4.69, 9.17) is 23.2 Å².